The zero-order chi connectivity index (χ0) is 12.8. The highest BCUT2D eigenvalue weighted by atomic mass is 35.5. The van der Waals surface area contributed by atoms with Gasteiger partial charge in [-0.05, 0) is 29.9 Å². The molecule has 0 saturated carbocycles. The van der Waals surface area contributed by atoms with Crippen LogP contribution < -0.4 is 5.32 Å². The Hall–Kier alpha value is -1.07. The summed E-state index contributed by atoms with van der Waals surface area (Å²) in [6.45, 7) is 1.42. The monoisotopic (exact) mass is 275 g/mol. The van der Waals surface area contributed by atoms with E-state index in [1.54, 1.807) is 0 Å². The molecule has 1 unspecified atom stereocenters. The van der Waals surface area contributed by atoms with E-state index in [4.69, 9.17) is 16.7 Å². The molecule has 1 atom stereocenters. The molecule has 1 heterocycles. The van der Waals surface area contributed by atoms with Gasteiger partial charge in [0, 0.05) is 19.4 Å². The van der Waals surface area contributed by atoms with Crippen LogP contribution in [0, 0.1) is 0 Å². The number of carboxylic acids is 1. The van der Waals surface area contributed by atoms with Gasteiger partial charge >= 0.3 is 5.97 Å². The molecule has 1 rings (SSSR count). The predicted molar refractivity (Wildman–Crippen MR) is 67.5 cm³/mol. The van der Waals surface area contributed by atoms with E-state index in [9.17, 15) is 9.59 Å². The summed E-state index contributed by atoms with van der Waals surface area (Å²) < 4.78 is 0.690. The Bertz CT molecular complexity index is 405. The number of halogens is 1. The Morgan fingerprint density at radius 3 is 2.76 bits per heavy atom. The summed E-state index contributed by atoms with van der Waals surface area (Å²) in [4.78, 5) is 21.5. The third-order valence-corrected chi connectivity index (χ3v) is 3.52. The average Bonchev–Trinajstić information content (AvgIpc) is 2.60. The number of rotatable bonds is 6. The minimum Gasteiger partial charge on any atom is -0.481 e. The van der Waals surface area contributed by atoms with Crippen LogP contribution in [0.3, 0.4) is 0 Å². The first kappa shape index (κ1) is 14.0. The summed E-state index contributed by atoms with van der Waals surface area (Å²) >= 11 is 7.40. The van der Waals surface area contributed by atoms with E-state index in [0.717, 1.165) is 5.56 Å². The number of hydrogen-bond donors (Lipinski definition) is 2. The third-order valence-electron chi connectivity index (χ3n) is 2.27. The van der Waals surface area contributed by atoms with Gasteiger partial charge in [-0.15, -0.1) is 11.3 Å². The quantitative estimate of drug-likeness (QED) is 0.837. The van der Waals surface area contributed by atoms with Gasteiger partial charge in [-0.25, -0.2) is 0 Å². The Balaban J connectivity index is 2.59. The van der Waals surface area contributed by atoms with Crippen LogP contribution in [0.1, 0.15) is 25.3 Å². The second-order valence-electron chi connectivity index (χ2n) is 3.75. The summed E-state index contributed by atoms with van der Waals surface area (Å²) in [6, 6.07) is 1.71. The molecule has 0 radical (unpaired) electrons. The van der Waals surface area contributed by atoms with Crippen molar-refractivity contribution in [3.05, 3.63) is 21.3 Å². The number of nitrogens with one attached hydrogen (secondary N) is 1. The van der Waals surface area contributed by atoms with Crippen LogP contribution in [0.4, 0.5) is 0 Å². The maximum atomic E-state index is 11.0. The minimum atomic E-state index is -0.864. The second-order valence-corrected chi connectivity index (χ2v) is 5.27. The van der Waals surface area contributed by atoms with Crippen molar-refractivity contribution < 1.29 is 14.7 Å². The molecule has 1 aromatic heterocycles. The summed E-state index contributed by atoms with van der Waals surface area (Å²) in [5.74, 6) is -1.02. The zero-order valence-corrected chi connectivity index (χ0v) is 11.0. The molecule has 0 bridgehead atoms. The fourth-order valence-corrected chi connectivity index (χ4v) is 2.49. The third kappa shape index (κ3) is 5.19. The lowest BCUT2D eigenvalue weighted by molar-refractivity contribution is -0.137. The van der Waals surface area contributed by atoms with E-state index < -0.39 is 5.97 Å². The Morgan fingerprint density at radius 1 is 1.59 bits per heavy atom. The number of aliphatic carboxylic acids is 1. The van der Waals surface area contributed by atoms with Gasteiger partial charge in [0.1, 0.15) is 0 Å². The van der Waals surface area contributed by atoms with Crippen molar-refractivity contribution >= 4 is 34.8 Å². The minimum absolute atomic E-state index is 0.0344. The van der Waals surface area contributed by atoms with Gasteiger partial charge in [-0.1, -0.05) is 11.6 Å². The van der Waals surface area contributed by atoms with Crippen molar-refractivity contribution in [3.63, 3.8) is 0 Å². The molecule has 0 spiro atoms. The van der Waals surface area contributed by atoms with E-state index in [0.29, 0.717) is 17.2 Å². The molecule has 94 valence electrons. The molecule has 2 N–H and O–H groups in total. The van der Waals surface area contributed by atoms with Crippen molar-refractivity contribution in [1.82, 2.24) is 5.32 Å². The highest BCUT2D eigenvalue weighted by Gasteiger charge is 2.14. The topological polar surface area (TPSA) is 66.4 Å². The predicted octanol–water partition coefficient (Wildman–Crippen LogP) is 2.31. The molecule has 1 aromatic rings. The van der Waals surface area contributed by atoms with Gasteiger partial charge in [0.25, 0.3) is 0 Å². The fraction of sp³-hybridized carbons (Fsp3) is 0.455. The van der Waals surface area contributed by atoms with Gasteiger partial charge in [-0.3, -0.25) is 9.59 Å². The standard InChI is InChI=1S/C11H14ClNO3S/c1-7(14)13-9(2-3-10(15)16)6-8-4-5-17-11(8)12/h4-5,9H,2-3,6H2,1H3,(H,13,14)(H,15,16). The summed E-state index contributed by atoms with van der Waals surface area (Å²) in [6.07, 6.45) is 1.00. The highest BCUT2D eigenvalue weighted by molar-refractivity contribution is 7.14. The molecule has 0 fully saturated rings. The maximum Gasteiger partial charge on any atom is 0.303 e. The van der Waals surface area contributed by atoms with Gasteiger partial charge in [0.05, 0.1) is 4.34 Å². The van der Waals surface area contributed by atoms with Crippen molar-refractivity contribution in [2.45, 2.75) is 32.2 Å². The molecule has 17 heavy (non-hydrogen) atoms. The van der Waals surface area contributed by atoms with Gasteiger partial charge in [0.2, 0.25) is 5.91 Å². The van der Waals surface area contributed by atoms with E-state index in [-0.39, 0.29) is 18.4 Å². The van der Waals surface area contributed by atoms with Crippen molar-refractivity contribution in [2.75, 3.05) is 0 Å². The Morgan fingerprint density at radius 2 is 2.29 bits per heavy atom. The molecule has 0 aliphatic heterocycles. The molecule has 4 nitrogen and oxygen atoms in total. The van der Waals surface area contributed by atoms with Crippen LogP contribution in [0.2, 0.25) is 4.34 Å². The lowest BCUT2D eigenvalue weighted by Gasteiger charge is -2.16. The van der Waals surface area contributed by atoms with Gasteiger partial charge in [0.15, 0.2) is 0 Å². The highest BCUT2D eigenvalue weighted by Crippen LogP contribution is 2.24. The first-order valence-corrected chi connectivity index (χ1v) is 6.45. The first-order chi connectivity index (χ1) is 7.99. The molecule has 1 amide bonds. The van der Waals surface area contributed by atoms with Gasteiger partial charge < -0.3 is 10.4 Å². The van der Waals surface area contributed by atoms with Crippen LogP contribution in [0.25, 0.3) is 0 Å². The molecular weight excluding hydrogens is 262 g/mol. The number of carboxylic acid groups (broad SMARTS) is 1. The number of amides is 1. The summed E-state index contributed by atoms with van der Waals surface area (Å²) in [7, 11) is 0. The largest absolute Gasteiger partial charge is 0.481 e. The Labute approximate surface area is 109 Å². The van der Waals surface area contributed by atoms with Crippen LogP contribution in [0.5, 0.6) is 0 Å². The summed E-state index contributed by atoms with van der Waals surface area (Å²) in [5, 5.41) is 13.3. The molecule has 0 aliphatic rings. The molecular formula is C11H14ClNO3S. The smallest absolute Gasteiger partial charge is 0.303 e. The van der Waals surface area contributed by atoms with Crippen LogP contribution in [0.15, 0.2) is 11.4 Å². The number of carbonyl (C=O) groups is 2. The number of carbonyl (C=O) groups excluding carboxylic acids is 1. The van der Waals surface area contributed by atoms with Crippen LogP contribution >= 0.6 is 22.9 Å². The summed E-state index contributed by atoms with van der Waals surface area (Å²) in [5.41, 5.74) is 0.945. The van der Waals surface area contributed by atoms with E-state index in [1.807, 2.05) is 11.4 Å². The Kier molecular flexibility index (Phi) is 5.44. The van der Waals surface area contributed by atoms with Crippen LogP contribution in [-0.2, 0) is 16.0 Å². The SMILES string of the molecule is CC(=O)NC(CCC(=O)O)Cc1ccsc1Cl. The zero-order valence-electron chi connectivity index (χ0n) is 9.40. The van der Waals surface area contributed by atoms with E-state index >= 15 is 0 Å². The number of hydrogen-bond acceptors (Lipinski definition) is 3. The second kappa shape index (κ2) is 6.61. The lowest BCUT2D eigenvalue weighted by Crippen LogP contribution is -2.35. The van der Waals surface area contributed by atoms with E-state index in [2.05, 4.69) is 5.32 Å². The number of thiophene rings is 1. The van der Waals surface area contributed by atoms with Crippen molar-refractivity contribution in [2.24, 2.45) is 0 Å². The van der Waals surface area contributed by atoms with E-state index in [1.165, 1.54) is 18.3 Å². The molecule has 0 aliphatic carbocycles. The molecule has 0 saturated heterocycles. The van der Waals surface area contributed by atoms with Crippen LogP contribution in [-0.4, -0.2) is 23.0 Å². The molecule has 6 heteroatoms. The normalized spacial score (nSPS) is 12.1. The average molecular weight is 276 g/mol. The van der Waals surface area contributed by atoms with Crippen molar-refractivity contribution in [3.8, 4) is 0 Å². The first-order valence-electron chi connectivity index (χ1n) is 5.19. The lowest BCUT2D eigenvalue weighted by atomic mass is 10.0. The fourth-order valence-electron chi connectivity index (χ4n) is 1.54. The molecule has 0 aromatic carbocycles. The maximum absolute atomic E-state index is 11.0. The van der Waals surface area contributed by atoms with Crippen molar-refractivity contribution in [1.29, 1.82) is 0 Å². The van der Waals surface area contributed by atoms with Gasteiger partial charge in [-0.2, -0.15) is 0 Å².